The molecule has 1 saturated carbocycles. The number of benzene rings is 1. The number of hydrogen-bond donors (Lipinski definition) is 1. The van der Waals surface area contributed by atoms with Crippen LogP contribution >= 0.6 is 11.3 Å². The predicted molar refractivity (Wildman–Crippen MR) is 83.7 cm³/mol. The summed E-state index contributed by atoms with van der Waals surface area (Å²) < 4.78 is 0. The molecule has 0 bridgehead atoms. The van der Waals surface area contributed by atoms with E-state index >= 15 is 0 Å². The van der Waals surface area contributed by atoms with Crippen molar-refractivity contribution in [2.24, 2.45) is 5.92 Å². The van der Waals surface area contributed by atoms with Gasteiger partial charge in [0.25, 0.3) is 0 Å². The zero-order valence-electron chi connectivity index (χ0n) is 11.6. The van der Waals surface area contributed by atoms with E-state index in [1.165, 1.54) is 33.7 Å². The van der Waals surface area contributed by atoms with Crippen molar-refractivity contribution >= 4 is 11.3 Å². The molecule has 19 heavy (non-hydrogen) atoms. The van der Waals surface area contributed by atoms with Crippen molar-refractivity contribution < 1.29 is 0 Å². The van der Waals surface area contributed by atoms with E-state index in [0.717, 1.165) is 12.3 Å². The lowest BCUT2D eigenvalue weighted by Gasteiger charge is -2.12. The summed E-state index contributed by atoms with van der Waals surface area (Å²) in [6, 6.07) is 13.9. The van der Waals surface area contributed by atoms with Crippen molar-refractivity contribution in [3.63, 3.8) is 0 Å². The maximum absolute atomic E-state index is 3.48. The monoisotopic (exact) mass is 271 g/mol. The molecule has 1 aliphatic rings. The third kappa shape index (κ3) is 2.60. The van der Waals surface area contributed by atoms with Gasteiger partial charge in [0, 0.05) is 15.8 Å². The molecule has 1 unspecified atom stereocenters. The first-order valence-electron chi connectivity index (χ1n) is 7.18. The van der Waals surface area contributed by atoms with Crippen LogP contribution < -0.4 is 5.32 Å². The summed E-state index contributed by atoms with van der Waals surface area (Å²) in [6.45, 7) is 2.23. The van der Waals surface area contributed by atoms with Crippen LogP contribution in [0, 0.1) is 5.92 Å². The first-order chi connectivity index (χ1) is 9.33. The topological polar surface area (TPSA) is 12.0 Å². The highest BCUT2D eigenvalue weighted by molar-refractivity contribution is 7.15. The van der Waals surface area contributed by atoms with Crippen molar-refractivity contribution in [2.75, 3.05) is 7.05 Å². The lowest BCUT2D eigenvalue weighted by atomic mass is 10.0. The van der Waals surface area contributed by atoms with Crippen molar-refractivity contribution in [3.05, 3.63) is 46.8 Å². The molecule has 1 heterocycles. The van der Waals surface area contributed by atoms with Gasteiger partial charge in [0.15, 0.2) is 0 Å². The molecule has 2 heteroatoms. The fourth-order valence-electron chi connectivity index (χ4n) is 2.77. The highest BCUT2D eigenvalue weighted by Gasteiger charge is 2.32. The zero-order valence-corrected chi connectivity index (χ0v) is 12.5. The summed E-state index contributed by atoms with van der Waals surface area (Å²) in [5, 5.41) is 3.48. The SMILES string of the molecule is CCc1ccccc1-c1ccc(C(NC)C2CC2)s1. The summed E-state index contributed by atoms with van der Waals surface area (Å²) in [4.78, 5) is 2.90. The van der Waals surface area contributed by atoms with E-state index in [1.807, 2.05) is 11.3 Å². The Kier molecular flexibility index (Phi) is 3.72. The second-order valence-corrected chi connectivity index (χ2v) is 6.43. The first-order valence-corrected chi connectivity index (χ1v) is 8.00. The Morgan fingerprint density at radius 3 is 2.68 bits per heavy atom. The van der Waals surface area contributed by atoms with Gasteiger partial charge in [-0.15, -0.1) is 11.3 Å². The van der Waals surface area contributed by atoms with Gasteiger partial charge in [-0.05, 0) is 55.5 Å². The third-order valence-corrected chi connectivity index (χ3v) is 5.20. The Morgan fingerprint density at radius 1 is 1.21 bits per heavy atom. The number of nitrogens with one attached hydrogen (secondary N) is 1. The Balaban J connectivity index is 1.92. The summed E-state index contributed by atoms with van der Waals surface area (Å²) >= 11 is 1.95. The summed E-state index contributed by atoms with van der Waals surface area (Å²) in [7, 11) is 2.09. The Bertz CT molecular complexity index is 554. The molecule has 0 spiro atoms. The van der Waals surface area contributed by atoms with Crippen LogP contribution in [0.3, 0.4) is 0 Å². The second kappa shape index (κ2) is 5.48. The van der Waals surface area contributed by atoms with E-state index in [9.17, 15) is 0 Å². The molecule has 1 aromatic heterocycles. The van der Waals surface area contributed by atoms with Crippen LogP contribution in [0.4, 0.5) is 0 Å². The Labute approximate surface area is 119 Å². The van der Waals surface area contributed by atoms with Gasteiger partial charge in [-0.1, -0.05) is 31.2 Å². The molecule has 1 nitrogen and oxygen atoms in total. The van der Waals surface area contributed by atoms with Crippen LogP contribution in [0.2, 0.25) is 0 Å². The number of aryl methyl sites for hydroxylation is 1. The number of rotatable bonds is 5. The van der Waals surface area contributed by atoms with Gasteiger partial charge in [0.05, 0.1) is 0 Å². The van der Waals surface area contributed by atoms with E-state index in [4.69, 9.17) is 0 Å². The molecule has 2 aromatic rings. The van der Waals surface area contributed by atoms with E-state index in [0.29, 0.717) is 6.04 Å². The van der Waals surface area contributed by atoms with Crippen LogP contribution in [0.15, 0.2) is 36.4 Å². The molecular weight excluding hydrogens is 250 g/mol. The van der Waals surface area contributed by atoms with Gasteiger partial charge in [-0.25, -0.2) is 0 Å². The molecule has 0 amide bonds. The van der Waals surface area contributed by atoms with Crippen LogP contribution in [-0.2, 0) is 6.42 Å². The Morgan fingerprint density at radius 2 is 2.00 bits per heavy atom. The van der Waals surface area contributed by atoms with E-state index in [1.54, 1.807) is 0 Å². The van der Waals surface area contributed by atoms with Crippen LogP contribution in [-0.4, -0.2) is 7.05 Å². The quantitative estimate of drug-likeness (QED) is 0.835. The molecular formula is C17H21NS. The van der Waals surface area contributed by atoms with E-state index < -0.39 is 0 Å². The average molecular weight is 271 g/mol. The molecule has 1 atom stereocenters. The van der Waals surface area contributed by atoms with Crippen molar-refractivity contribution in [1.29, 1.82) is 0 Å². The smallest absolute Gasteiger partial charge is 0.0441 e. The molecule has 1 aromatic carbocycles. The molecule has 1 fully saturated rings. The summed E-state index contributed by atoms with van der Waals surface area (Å²) in [5.41, 5.74) is 2.86. The van der Waals surface area contributed by atoms with Gasteiger partial charge in [-0.3, -0.25) is 0 Å². The normalized spacial score (nSPS) is 16.5. The highest BCUT2D eigenvalue weighted by Crippen LogP contribution is 2.44. The van der Waals surface area contributed by atoms with Crippen molar-refractivity contribution in [3.8, 4) is 10.4 Å². The minimum absolute atomic E-state index is 0.563. The zero-order chi connectivity index (χ0) is 13.2. The minimum Gasteiger partial charge on any atom is -0.312 e. The third-order valence-electron chi connectivity index (χ3n) is 4.00. The maximum Gasteiger partial charge on any atom is 0.0441 e. The fourth-order valence-corrected chi connectivity index (χ4v) is 4.05. The largest absolute Gasteiger partial charge is 0.312 e. The minimum atomic E-state index is 0.563. The molecule has 3 rings (SSSR count). The highest BCUT2D eigenvalue weighted by atomic mass is 32.1. The van der Waals surface area contributed by atoms with Gasteiger partial charge in [0.1, 0.15) is 0 Å². The number of thiophene rings is 1. The molecule has 100 valence electrons. The molecule has 0 saturated heterocycles. The van der Waals surface area contributed by atoms with Crippen LogP contribution in [0.25, 0.3) is 10.4 Å². The van der Waals surface area contributed by atoms with Crippen LogP contribution in [0.1, 0.15) is 36.2 Å². The second-order valence-electron chi connectivity index (χ2n) is 5.32. The number of hydrogen-bond acceptors (Lipinski definition) is 2. The predicted octanol–water partition coefficient (Wildman–Crippen LogP) is 4.65. The summed E-state index contributed by atoms with van der Waals surface area (Å²) in [5.74, 6) is 0.859. The van der Waals surface area contributed by atoms with Gasteiger partial charge >= 0.3 is 0 Å². The van der Waals surface area contributed by atoms with Gasteiger partial charge in [-0.2, -0.15) is 0 Å². The first kappa shape index (κ1) is 12.9. The molecule has 1 aliphatic carbocycles. The van der Waals surface area contributed by atoms with E-state index in [-0.39, 0.29) is 0 Å². The van der Waals surface area contributed by atoms with Crippen molar-refractivity contribution in [1.82, 2.24) is 5.32 Å². The fraction of sp³-hybridized carbons (Fsp3) is 0.412. The molecule has 0 radical (unpaired) electrons. The molecule has 0 aliphatic heterocycles. The summed E-state index contributed by atoms with van der Waals surface area (Å²) in [6.07, 6.45) is 3.86. The lowest BCUT2D eigenvalue weighted by molar-refractivity contribution is 0.537. The van der Waals surface area contributed by atoms with E-state index in [2.05, 4.69) is 55.7 Å². The van der Waals surface area contributed by atoms with Crippen molar-refractivity contribution in [2.45, 2.75) is 32.2 Å². The van der Waals surface area contributed by atoms with Gasteiger partial charge in [0.2, 0.25) is 0 Å². The lowest BCUT2D eigenvalue weighted by Crippen LogP contribution is -2.16. The standard InChI is InChI=1S/C17H21NS/c1-3-12-6-4-5-7-14(12)15-10-11-16(19-15)17(18-2)13-8-9-13/h4-7,10-11,13,17-18H,3,8-9H2,1-2H3. The maximum atomic E-state index is 3.48. The average Bonchev–Trinajstić information content (AvgIpc) is 3.17. The van der Waals surface area contributed by atoms with Gasteiger partial charge < -0.3 is 5.32 Å². The molecule has 1 N–H and O–H groups in total. The van der Waals surface area contributed by atoms with Crippen LogP contribution in [0.5, 0.6) is 0 Å². The Hall–Kier alpha value is -1.12.